The van der Waals surface area contributed by atoms with Crippen LogP contribution in [0.5, 0.6) is 11.5 Å². The van der Waals surface area contributed by atoms with Crippen LogP contribution in [0.1, 0.15) is 5.56 Å². The van der Waals surface area contributed by atoms with Crippen LogP contribution in [-0.4, -0.2) is 45.7 Å². The Morgan fingerprint density at radius 3 is 2.57 bits per heavy atom. The van der Waals surface area contributed by atoms with E-state index in [-0.39, 0.29) is 22.9 Å². The maximum atomic E-state index is 11.1. The molecule has 1 aromatic carbocycles. The molecule has 0 atom stereocenters. The van der Waals surface area contributed by atoms with E-state index in [9.17, 15) is 10.1 Å². The lowest BCUT2D eigenvalue weighted by Gasteiger charge is -2.08. The van der Waals surface area contributed by atoms with E-state index in [1.54, 1.807) is 0 Å². The lowest BCUT2D eigenvalue weighted by Crippen LogP contribution is -2.02. The molecule has 0 amide bonds. The Labute approximate surface area is 118 Å². The number of methoxy groups -OCH3 is 2. The number of rotatable bonds is 5. The minimum atomic E-state index is -0.563. The normalized spacial score (nSPS) is 10.8. The minimum absolute atomic E-state index is 0.0469. The van der Waals surface area contributed by atoms with E-state index in [0.717, 1.165) is 4.79 Å². The van der Waals surface area contributed by atoms with Crippen molar-refractivity contribution in [1.82, 2.24) is 20.3 Å². The molecule has 0 aliphatic heterocycles. The average molecular weight is 293 g/mol. The summed E-state index contributed by atoms with van der Waals surface area (Å²) in [5.41, 5.74) is 5.42. The lowest BCUT2D eigenvalue weighted by atomic mass is 10.1. The molecule has 0 saturated heterocycles. The first-order chi connectivity index (χ1) is 10.1. The van der Waals surface area contributed by atoms with Gasteiger partial charge in [-0.15, -0.1) is 0 Å². The Bertz CT molecular complexity index is 697. The lowest BCUT2D eigenvalue weighted by molar-refractivity contribution is -0.385. The van der Waals surface area contributed by atoms with Crippen LogP contribution in [0.25, 0.3) is 0 Å². The smallest absolute Gasteiger partial charge is 0.282 e. The van der Waals surface area contributed by atoms with E-state index in [0.29, 0.717) is 5.75 Å². The zero-order valence-electron chi connectivity index (χ0n) is 11.1. The molecule has 1 heterocycles. The first-order valence-electron chi connectivity index (χ1n) is 5.55. The number of nitro groups is 1. The summed E-state index contributed by atoms with van der Waals surface area (Å²) in [5.74, 6) is 0.520. The van der Waals surface area contributed by atoms with Crippen molar-refractivity contribution in [2.24, 2.45) is 5.10 Å². The fourth-order valence-corrected chi connectivity index (χ4v) is 1.53. The van der Waals surface area contributed by atoms with Gasteiger partial charge in [-0.25, -0.2) is 0 Å². The van der Waals surface area contributed by atoms with Crippen molar-refractivity contribution in [1.29, 1.82) is 0 Å². The molecule has 0 aliphatic rings. The highest BCUT2D eigenvalue weighted by Crippen LogP contribution is 2.33. The summed E-state index contributed by atoms with van der Waals surface area (Å²) in [4.78, 5) is 11.5. The van der Waals surface area contributed by atoms with Gasteiger partial charge < -0.3 is 15.2 Å². The molecule has 0 fully saturated rings. The fraction of sp³-hybridized carbons (Fsp3) is 0.200. The van der Waals surface area contributed by atoms with Crippen LogP contribution in [0.2, 0.25) is 0 Å². The number of aromatic nitrogens is 4. The second-order valence-corrected chi connectivity index (χ2v) is 3.69. The van der Waals surface area contributed by atoms with Gasteiger partial charge in [0, 0.05) is 0 Å². The highest BCUT2D eigenvalue weighted by molar-refractivity contribution is 5.87. The Hall–Kier alpha value is -3.24. The molecular weight excluding hydrogens is 282 g/mol. The van der Waals surface area contributed by atoms with Crippen molar-refractivity contribution in [2.75, 3.05) is 20.0 Å². The summed E-state index contributed by atoms with van der Waals surface area (Å²) in [6, 6.07) is 2.66. The Morgan fingerprint density at radius 1 is 1.38 bits per heavy atom. The van der Waals surface area contributed by atoms with Crippen molar-refractivity contribution >= 4 is 17.9 Å². The van der Waals surface area contributed by atoms with Crippen LogP contribution in [0.4, 0.5) is 11.6 Å². The zero-order valence-corrected chi connectivity index (χ0v) is 11.1. The Morgan fingerprint density at radius 2 is 2.05 bits per heavy atom. The maximum Gasteiger partial charge on any atom is 0.282 e. The van der Waals surface area contributed by atoms with Crippen LogP contribution in [0, 0.1) is 10.1 Å². The third-order valence-electron chi connectivity index (χ3n) is 2.51. The highest BCUT2D eigenvalue weighted by atomic mass is 16.6. The number of nitrogens with zero attached hydrogens (tertiary/aromatic N) is 6. The molecule has 1 aromatic heterocycles. The number of nitro benzene ring substituents is 1. The van der Waals surface area contributed by atoms with Gasteiger partial charge in [0.2, 0.25) is 0 Å². The average Bonchev–Trinajstić information content (AvgIpc) is 2.89. The van der Waals surface area contributed by atoms with E-state index in [1.165, 1.54) is 32.6 Å². The second-order valence-electron chi connectivity index (χ2n) is 3.69. The van der Waals surface area contributed by atoms with Crippen LogP contribution >= 0.6 is 0 Å². The topological polar surface area (TPSA) is 144 Å². The predicted octanol–water partition coefficient (Wildman–Crippen LogP) is 0.0629. The molecule has 0 bridgehead atoms. The molecule has 21 heavy (non-hydrogen) atoms. The van der Waals surface area contributed by atoms with Gasteiger partial charge in [-0.05, 0) is 16.5 Å². The first-order valence-corrected chi connectivity index (χ1v) is 5.55. The van der Waals surface area contributed by atoms with Crippen LogP contribution < -0.4 is 15.2 Å². The fourth-order valence-electron chi connectivity index (χ4n) is 1.53. The van der Waals surface area contributed by atoms with Crippen LogP contribution in [-0.2, 0) is 0 Å². The van der Waals surface area contributed by atoms with Gasteiger partial charge in [-0.3, -0.25) is 10.1 Å². The summed E-state index contributed by atoms with van der Waals surface area (Å²) in [5, 5.41) is 25.2. The first kappa shape index (κ1) is 14.2. The Kier molecular flexibility index (Phi) is 3.92. The molecule has 2 aromatic rings. The molecule has 2 N–H and O–H groups in total. The molecule has 0 aliphatic carbocycles. The summed E-state index contributed by atoms with van der Waals surface area (Å²) in [6.07, 6.45) is 1.20. The van der Waals surface area contributed by atoms with E-state index in [4.69, 9.17) is 15.2 Å². The maximum absolute atomic E-state index is 11.1. The molecule has 11 heteroatoms. The van der Waals surface area contributed by atoms with Gasteiger partial charge in [0.1, 0.15) is 0 Å². The number of benzene rings is 1. The summed E-state index contributed by atoms with van der Waals surface area (Å²) in [6.45, 7) is 0. The van der Waals surface area contributed by atoms with Crippen molar-refractivity contribution in [3.63, 3.8) is 0 Å². The SMILES string of the molecule is COc1cc(C=Nn2nnnc2N)c([N+](=O)[O-])cc1OC. The molecule has 0 saturated carbocycles. The van der Waals surface area contributed by atoms with Crippen molar-refractivity contribution in [3.8, 4) is 11.5 Å². The standard InChI is InChI=1S/C10H11N7O4/c1-20-8-3-6(5-12-16-10(11)13-14-15-16)7(17(18)19)4-9(8)21-2/h3-5H,1-2H3,(H2,11,13,15). The zero-order chi connectivity index (χ0) is 15.4. The van der Waals surface area contributed by atoms with Gasteiger partial charge in [-0.1, -0.05) is 9.89 Å². The van der Waals surface area contributed by atoms with Gasteiger partial charge in [-0.2, -0.15) is 5.10 Å². The van der Waals surface area contributed by atoms with Crippen molar-refractivity contribution < 1.29 is 14.4 Å². The number of tetrazole rings is 1. The number of anilines is 1. The summed E-state index contributed by atoms with van der Waals surface area (Å²) >= 11 is 0. The van der Waals surface area contributed by atoms with Gasteiger partial charge in [0.15, 0.2) is 11.5 Å². The van der Waals surface area contributed by atoms with Crippen LogP contribution in [0.15, 0.2) is 17.2 Å². The molecule has 0 spiro atoms. The van der Waals surface area contributed by atoms with E-state index < -0.39 is 4.92 Å². The van der Waals surface area contributed by atoms with Gasteiger partial charge in [0.05, 0.1) is 37.0 Å². The quantitative estimate of drug-likeness (QED) is 0.463. The molecule has 0 radical (unpaired) electrons. The molecule has 2 rings (SSSR count). The molecule has 110 valence electrons. The molecule has 11 nitrogen and oxygen atoms in total. The van der Waals surface area contributed by atoms with E-state index >= 15 is 0 Å². The molecular formula is C10H11N7O4. The van der Waals surface area contributed by atoms with Gasteiger partial charge >= 0.3 is 0 Å². The van der Waals surface area contributed by atoms with E-state index in [2.05, 4.69) is 20.6 Å². The number of nitrogen functional groups attached to an aromatic ring is 1. The number of ether oxygens (including phenoxy) is 2. The number of hydrogen-bond acceptors (Lipinski definition) is 9. The largest absolute Gasteiger partial charge is 0.493 e. The third-order valence-corrected chi connectivity index (χ3v) is 2.51. The van der Waals surface area contributed by atoms with Crippen LogP contribution in [0.3, 0.4) is 0 Å². The summed E-state index contributed by atoms with van der Waals surface area (Å²) < 4.78 is 10.1. The van der Waals surface area contributed by atoms with Gasteiger partial charge in [0.25, 0.3) is 11.6 Å². The highest BCUT2D eigenvalue weighted by Gasteiger charge is 2.18. The molecule has 0 unspecified atom stereocenters. The summed E-state index contributed by atoms with van der Waals surface area (Å²) in [7, 11) is 2.81. The predicted molar refractivity (Wildman–Crippen MR) is 71.4 cm³/mol. The number of hydrogen-bond donors (Lipinski definition) is 1. The Balaban J connectivity index is 2.48. The van der Waals surface area contributed by atoms with Crippen molar-refractivity contribution in [3.05, 3.63) is 27.8 Å². The minimum Gasteiger partial charge on any atom is -0.493 e. The second kappa shape index (κ2) is 5.81. The van der Waals surface area contributed by atoms with E-state index in [1.807, 2.05) is 0 Å². The monoisotopic (exact) mass is 293 g/mol. The number of nitrogens with two attached hydrogens (primary N) is 1. The third kappa shape index (κ3) is 2.86. The van der Waals surface area contributed by atoms with Crippen molar-refractivity contribution in [2.45, 2.75) is 0 Å².